The monoisotopic (exact) mass is 339 g/mol. The lowest BCUT2D eigenvalue weighted by atomic mass is 10.2. The lowest BCUT2D eigenvalue weighted by Gasteiger charge is -2.08. The third-order valence-corrected chi connectivity index (χ3v) is 3.73. The number of ether oxygens (including phenoxy) is 1. The topological polar surface area (TPSA) is 72.5 Å². The Hall–Kier alpha value is -2.05. The fraction of sp³-hybridized carbons (Fsp3) is 0.133. The van der Waals surface area contributed by atoms with Crippen molar-refractivity contribution < 1.29 is 17.9 Å². The van der Waals surface area contributed by atoms with Crippen LogP contribution >= 0.6 is 10.7 Å². The number of halogens is 1. The molecule has 0 aromatic heterocycles. The number of amides is 1. The van der Waals surface area contributed by atoms with Gasteiger partial charge in [-0.15, -0.1) is 0 Å². The molecule has 2 rings (SSSR count). The number of hydrogen-bond acceptors (Lipinski definition) is 4. The molecule has 0 spiro atoms. The largest absolute Gasteiger partial charge is 0.444 e. The Morgan fingerprint density at radius 3 is 2.41 bits per heavy atom. The molecule has 0 unspecified atom stereocenters. The van der Waals surface area contributed by atoms with Gasteiger partial charge in [-0.05, 0) is 23.3 Å². The molecule has 116 valence electrons. The quantitative estimate of drug-likeness (QED) is 0.846. The van der Waals surface area contributed by atoms with Crippen LogP contribution in [0.5, 0.6) is 0 Å². The second kappa shape index (κ2) is 7.29. The zero-order valence-corrected chi connectivity index (χ0v) is 13.1. The van der Waals surface area contributed by atoms with Gasteiger partial charge in [-0.1, -0.05) is 42.5 Å². The number of nitrogens with one attached hydrogen (secondary N) is 1. The Morgan fingerprint density at radius 1 is 1.05 bits per heavy atom. The first kappa shape index (κ1) is 16.3. The highest BCUT2D eigenvalue weighted by Crippen LogP contribution is 2.15. The Bertz CT molecular complexity index is 747. The zero-order valence-electron chi connectivity index (χ0n) is 11.5. The molecule has 5 nitrogen and oxygen atoms in total. The van der Waals surface area contributed by atoms with E-state index in [0.717, 1.165) is 5.56 Å². The lowest BCUT2D eigenvalue weighted by molar-refractivity contribution is 0.155. The maximum atomic E-state index is 11.7. The van der Waals surface area contributed by atoms with Crippen molar-refractivity contribution in [3.63, 3.8) is 0 Å². The molecule has 0 aliphatic carbocycles. The SMILES string of the molecule is O=C(Nc1cccc(CS(=O)(=O)Cl)c1)OCc1ccccc1. The highest BCUT2D eigenvalue weighted by molar-refractivity contribution is 8.13. The Labute approximate surface area is 133 Å². The first-order valence-electron chi connectivity index (χ1n) is 6.41. The number of carbonyl (C=O) groups excluding carboxylic acids is 1. The molecular weight excluding hydrogens is 326 g/mol. The van der Waals surface area contributed by atoms with E-state index in [4.69, 9.17) is 15.4 Å². The Kier molecular flexibility index (Phi) is 5.41. The highest BCUT2D eigenvalue weighted by atomic mass is 35.7. The van der Waals surface area contributed by atoms with Crippen LogP contribution < -0.4 is 5.32 Å². The number of anilines is 1. The van der Waals surface area contributed by atoms with Gasteiger partial charge in [0.05, 0.1) is 5.75 Å². The van der Waals surface area contributed by atoms with Crippen LogP contribution in [0.1, 0.15) is 11.1 Å². The van der Waals surface area contributed by atoms with Crippen molar-refractivity contribution in [3.8, 4) is 0 Å². The third kappa shape index (κ3) is 5.75. The summed E-state index contributed by atoms with van der Waals surface area (Å²) in [6.07, 6.45) is -0.616. The van der Waals surface area contributed by atoms with Gasteiger partial charge in [-0.2, -0.15) is 0 Å². The van der Waals surface area contributed by atoms with Crippen LogP contribution in [0, 0.1) is 0 Å². The molecule has 0 radical (unpaired) electrons. The number of benzene rings is 2. The molecule has 0 saturated heterocycles. The van der Waals surface area contributed by atoms with Gasteiger partial charge in [-0.25, -0.2) is 13.2 Å². The molecular formula is C15H14ClNO4S. The predicted molar refractivity (Wildman–Crippen MR) is 85.2 cm³/mol. The summed E-state index contributed by atoms with van der Waals surface area (Å²) in [6.45, 7) is 0.155. The summed E-state index contributed by atoms with van der Waals surface area (Å²) in [4.78, 5) is 11.7. The van der Waals surface area contributed by atoms with Gasteiger partial charge < -0.3 is 4.74 Å². The van der Waals surface area contributed by atoms with E-state index in [2.05, 4.69) is 5.32 Å². The van der Waals surface area contributed by atoms with Crippen LogP contribution in [-0.4, -0.2) is 14.5 Å². The van der Waals surface area contributed by atoms with Gasteiger partial charge in [0.1, 0.15) is 6.61 Å². The van der Waals surface area contributed by atoms with Crippen molar-refractivity contribution in [2.45, 2.75) is 12.4 Å². The minimum atomic E-state index is -3.64. The molecule has 0 aliphatic rings. The number of hydrogen-bond donors (Lipinski definition) is 1. The van der Waals surface area contributed by atoms with E-state index in [0.29, 0.717) is 11.3 Å². The normalized spacial score (nSPS) is 11.0. The van der Waals surface area contributed by atoms with Crippen molar-refractivity contribution in [2.75, 3.05) is 5.32 Å². The van der Waals surface area contributed by atoms with E-state index < -0.39 is 15.1 Å². The standard InChI is InChI=1S/C15H14ClNO4S/c16-22(19,20)11-13-7-4-8-14(9-13)17-15(18)21-10-12-5-2-1-3-6-12/h1-9H,10-11H2,(H,17,18). The van der Waals surface area contributed by atoms with Gasteiger partial charge in [-0.3, -0.25) is 5.32 Å². The lowest BCUT2D eigenvalue weighted by Crippen LogP contribution is -2.13. The van der Waals surface area contributed by atoms with Crippen LogP contribution in [0.15, 0.2) is 54.6 Å². The Balaban J connectivity index is 1.93. The van der Waals surface area contributed by atoms with E-state index >= 15 is 0 Å². The van der Waals surface area contributed by atoms with Crippen LogP contribution in [0.3, 0.4) is 0 Å². The van der Waals surface area contributed by atoms with Crippen LogP contribution in [0.4, 0.5) is 10.5 Å². The van der Waals surface area contributed by atoms with E-state index in [1.54, 1.807) is 18.2 Å². The molecule has 2 aromatic carbocycles. The minimum Gasteiger partial charge on any atom is -0.444 e. The summed E-state index contributed by atoms with van der Waals surface area (Å²) in [7, 11) is 1.56. The van der Waals surface area contributed by atoms with Gasteiger partial charge in [0.15, 0.2) is 0 Å². The molecule has 0 saturated carbocycles. The summed E-state index contributed by atoms with van der Waals surface area (Å²) in [5.74, 6) is -0.302. The third-order valence-electron chi connectivity index (χ3n) is 2.73. The van der Waals surface area contributed by atoms with Crippen LogP contribution in [-0.2, 0) is 26.1 Å². The van der Waals surface area contributed by atoms with Crippen LogP contribution in [0.2, 0.25) is 0 Å². The summed E-state index contributed by atoms with van der Waals surface area (Å²) in [6, 6.07) is 15.7. The first-order chi connectivity index (χ1) is 10.4. The molecule has 0 bridgehead atoms. The Morgan fingerprint density at radius 2 is 1.73 bits per heavy atom. The van der Waals surface area contributed by atoms with E-state index in [-0.39, 0.29) is 12.4 Å². The zero-order chi connectivity index (χ0) is 16.0. The van der Waals surface area contributed by atoms with Crippen molar-refractivity contribution in [3.05, 3.63) is 65.7 Å². The van der Waals surface area contributed by atoms with Gasteiger partial charge in [0.2, 0.25) is 9.05 Å². The second-order valence-corrected chi connectivity index (χ2v) is 7.35. The van der Waals surface area contributed by atoms with Gasteiger partial charge in [0, 0.05) is 16.4 Å². The fourth-order valence-electron chi connectivity index (χ4n) is 1.81. The van der Waals surface area contributed by atoms with E-state index in [1.807, 2.05) is 30.3 Å². The maximum absolute atomic E-state index is 11.7. The van der Waals surface area contributed by atoms with Crippen molar-refractivity contribution in [1.82, 2.24) is 0 Å². The molecule has 7 heteroatoms. The average molecular weight is 340 g/mol. The minimum absolute atomic E-state index is 0.155. The fourth-order valence-corrected chi connectivity index (χ4v) is 2.77. The number of rotatable bonds is 5. The second-order valence-electron chi connectivity index (χ2n) is 4.57. The molecule has 0 heterocycles. The first-order valence-corrected chi connectivity index (χ1v) is 8.89. The van der Waals surface area contributed by atoms with Gasteiger partial charge in [0.25, 0.3) is 0 Å². The maximum Gasteiger partial charge on any atom is 0.411 e. The predicted octanol–water partition coefficient (Wildman–Crippen LogP) is 3.50. The summed E-state index contributed by atoms with van der Waals surface area (Å²) in [5, 5.41) is 2.54. The van der Waals surface area contributed by atoms with Crippen molar-refractivity contribution in [1.29, 1.82) is 0 Å². The molecule has 0 aliphatic heterocycles. The van der Waals surface area contributed by atoms with E-state index in [1.165, 1.54) is 6.07 Å². The smallest absolute Gasteiger partial charge is 0.411 e. The summed E-state index contributed by atoms with van der Waals surface area (Å²) in [5.41, 5.74) is 1.80. The summed E-state index contributed by atoms with van der Waals surface area (Å²) < 4.78 is 27.2. The van der Waals surface area contributed by atoms with Crippen molar-refractivity contribution >= 4 is 31.5 Å². The molecule has 1 N–H and O–H groups in total. The molecule has 1 amide bonds. The average Bonchev–Trinajstić information content (AvgIpc) is 2.45. The van der Waals surface area contributed by atoms with Gasteiger partial charge >= 0.3 is 6.09 Å². The molecule has 2 aromatic rings. The van der Waals surface area contributed by atoms with E-state index in [9.17, 15) is 13.2 Å². The highest BCUT2D eigenvalue weighted by Gasteiger charge is 2.09. The molecule has 0 atom stereocenters. The van der Waals surface area contributed by atoms with Crippen molar-refractivity contribution in [2.24, 2.45) is 0 Å². The molecule has 0 fully saturated rings. The van der Waals surface area contributed by atoms with Crippen LogP contribution in [0.25, 0.3) is 0 Å². The summed E-state index contributed by atoms with van der Waals surface area (Å²) >= 11 is 0. The molecule has 22 heavy (non-hydrogen) atoms. The number of carbonyl (C=O) groups is 1.